The normalized spacial score (nSPS) is 11.6. The lowest BCUT2D eigenvalue weighted by Crippen LogP contribution is -1.93. The summed E-state index contributed by atoms with van der Waals surface area (Å²) in [7, 11) is 2.10. The molecule has 0 aliphatic rings. The van der Waals surface area contributed by atoms with E-state index in [-0.39, 0.29) is 0 Å². The highest BCUT2D eigenvalue weighted by Crippen LogP contribution is 2.36. The van der Waals surface area contributed by atoms with Crippen LogP contribution in [-0.4, -0.2) is 19.5 Å². The van der Waals surface area contributed by atoms with E-state index in [9.17, 15) is 0 Å². The molecule has 3 heterocycles. The number of aryl methyl sites for hydroxylation is 1. The smallest absolute Gasteiger partial charge is 0.143 e. The summed E-state index contributed by atoms with van der Waals surface area (Å²) in [6.07, 6.45) is 1.83. The van der Waals surface area contributed by atoms with Gasteiger partial charge in [0.25, 0.3) is 0 Å². The zero-order chi connectivity index (χ0) is 23.4. The van der Waals surface area contributed by atoms with Gasteiger partial charge in [0.2, 0.25) is 0 Å². The number of imidazole rings is 1. The Hall–Kier alpha value is -4.70. The zero-order valence-electron chi connectivity index (χ0n) is 19.2. The van der Waals surface area contributed by atoms with Gasteiger partial charge in [0.05, 0.1) is 22.2 Å². The SMILES string of the molecule is Cn1c(-c2cccc3c2[nH]c2ccccc23)nc2c(-c3cccc(-c4ccccn4)c3)cccc21. The quantitative estimate of drug-likeness (QED) is 0.301. The topological polar surface area (TPSA) is 46.5 Å². The van der Waals surface area contributed by atoms with E-state index < -0.39 is 0 Å². The number of fused-ring (bicyclic) bond motifs is 4. The highest BCUT2D eigenvalue weighted by molar-refractivity contribution is 6.11. The number of H-pyrrole nitrogens is 1. The first kappa shape index (κ1) is 19.7. The van der Waals surface area contributed by atoms with E-state index in [2.05, 4.69) is 107 Å². The van der Waals surface area contributed by atoms with Crippen LogP contribution < -0.4 is 0 Å². The average Bonchev–Trinajstić information content (AvgIpc) is 3.47. The van der Waals surface area contributed by atoms with Gasteiger partial charge in [-0.15, -0.1) is 0 Å². The second-order valence-electron chi connectivity index (χ2n) is 8.86. The number of rotatable bonds is 3. The van der Waals surface area contributed by atoms with Gasteiger partial charge in [-0.05, 0) is 42.0 Å². The maximum absolute atomic E-state index is 5.21. The van der Waals surface area contributed by atoms with Crippen LogP contribution in [0.25, 0.3) is 66.6 Å². The Bertz CT molecular complexity index is 1860. The fraction of sp³-hybridized carbons (Fsp3) is 0.0323. The van der Waals surface area contributed by atoms with Crippen molar-refractivity contribution in [3.05, 3.63) is 109 Å². The molecule has 0 atom stereocenters. The van der Waals surface area contributed by atoms with E-state index in [4.69, 9.17) is 4.98 Å². The third kappa shape index (κ3) is 3.07. The lowest BCUT2D eigenvalue weighted by molar-refractivity contribution is 0.960. The Morgan fingerprint density at radius 3 is 2.37 bits per heavy atom. The number of hydrogen-bond acceptors (Lipinski definition) is 2. The molecule has 7 aromatic rings. The summed E-state index contributed by atoms with van der Waals surface area (Å²) in [5, 5.41) is 2.45. The molecular formula is C31H22N4. The molecule has 0 bridgehead atoms. The molecule has 0 fully saturated rings. The molecule has 0 unspecified atom stereocenters. The summed E-state index contributed by atoms with van der Waals surface area (Å²) in [4.78, 5) is 13.4. The Morgan fingerprint density at radius 1 is 0.686 bits per heavy atom. The summed E-state index contributed by atoms with van der Waals surface area (Å²) in [5.74, 6) is 0.950. The van der Waals surface area contributed by atoms with Crippen LogP contribution >= 0.6 is 0 Å². The van der Waals surface area contributed by atoms with Crippen molar-refractivity contribution in [2.75, 3.05) is 0 Å². The highest BCUT2D eigenvalue weighted by atomic mass is 15.1. The molecule has 0 spiro atoms. The van der Waals surface area contributed by atoms with Crippen molar-refractivity contribution in [3.8, 4) is 33.8 Å². The van der Waals surface area contributed by atoms with E-state index in [0.717, 1.165) is 55.8 Å². The highest BCUT2D eigenvalue weighted by Gasteiger charge is 2.17. The minimum absolute atomic E-state index is 0.950. The van der Waals surface area contributed by atoms with Gasteiger partial charge in [-0.1, -0.05) is 66.7 Å². The molecule has 0 aliphatic carbocycles. The molecule has 0 saturated heterocycles. The molecule has 7 rings (SSSR count). The molecule has 3 aromatic heterocycles. The van der Waals surface area contributed by atoms with Crippen molar-refractivity contribution >= 4 is 32.8 Å². The summed E-state index contributed by atoms with van der Waals surface area (Å²) in [6, 6.07) is 35.8. The minimum atomic E-state index is 0.950. The molecule has 4 nitrogen and oxygen atoms in total. The Morgan fingerprint density at radius 2 is 1.46 bits per heavy atom. The first-order valence-electron chi connectivity index (χ1n) is 11.7. The fourth-order valence-corrected chi connectivity index (χ4v) is 5.13. The minimum Gasteiger partial charge on any atom is -0.354 e. The van der Waals surface area contributed by atoms with Gasteiger partial charge in [0, 0.05) is 46.2 Å². The van der Waals surface area contributed by atoms with Gasteiger partial charge >= 0.3 is 0 Å². The van der Waals surface area contributed by atoms with Gasteiger partial charge in [0.15, 0.2) is 0 Å². The number of aromatic amines is 1. The predicted molar refractivity (Wildman–Crippen MR) is 144 cm³/mol. The monoisotopic (exact) mass is 450 g/mol. The predicted octanol–water partition coefficient (Wildman–Crippen LogP) is 7.60. The third-order valence-electron chi connectivity index (χ3n) is 6.83. The van der Waals surface area contributed by atoms with Gasteiger partial charge in [-0.25, -0.2) is 4.98 Å². The van der Waals surface area contributed by atoms with Gasteiger partial charge < -0.3 is 9.55 Å². The van der Waals surface area contributed by atoms with Gasteiger partial charge in [-0.2, -0.15) is 0 Å². The van der Waals surface area contributed by atoms with Crippen LogP contribution in [0.1, 0.15) is 0 Å². The maximum Gasteiger partial charge on any atom is 0.143 e. The van der Waals surface area contributed by atoms with Crippen LogP contribution in [0.15, 0.2) is 109 Å². The number of benzene rings is 4. The Kier molecular flexibility index (Phi) is 4.33. The van der Waals surface area contributed by atoms with Crippen LogP contribution in [0.5, 0.6) is 0 Å². The van der Waals surface area contributed by atoms with Crippen molar-refractivity contribution in [1.82, 2.24) is 19.5 Å². The van der Waals surface area contributed by atoms with Crippen LogP contribution in [-0.2, 0) is 7.05 Å². The van der Waals surface area contributed by atoms with Crippen LogP contribution in [0.4, 0.5) is 0 Å². The van der Waals surface area contributed by atoms with Gasteiger partial charge in [0.1, 0.15) is 5.82 Å². The van der Waals surface area contributed by atoms with Crippen molar-refractivity contribution in [2.45, 2.75) is 0 Å². The van der Waals surface area contributed by atoms with E-state index >= 15 is 0 Å². The first-order valence-corrected chi connectivity index (χ1v) is 11.7. The molecule has 0 aliphatic heterocycles. The zero-order valence-corrected chi connectivity index (χ0v) is 19.2. The standard InChI is InChI=1S/C31H22N4/c1-35-28-17-8-12-22(20-9-6-10-21(19-20)26-15-4-5-18-32-26)30(28)34-31(35)25-14-7-13-24-23-11-2-3-16-27(23)33-29(24)25/h2-19,33H,1H3. The number of hydrogen-bond donors (Lipinski definition) is 1. The summed E-state index contributed by atoms with van der Waals surface area (Å²) < 4.78 is 2.20. The number of para-hydroxylation sites is 3. The van der Waals surface area contributed by atoms with Gasteiger partial charge in [-0.3, -0.25) is 4.98 Å². The Labute approximate surface area is 202 Å². The molecule has 166 valence electrons. The largest absolute Gasteiger partial charge is 0.354 e. The summed E-state index contributed by atoms with van der Waals surface area (Å²) >= 11 is 0. The lowest BCUT2D eigenvalue weighted by Gasteiger charge is -2.06. The molecule has 4 aromatic carbocycles. The molecule has 35 heavy (non-hydrogen) atoms. The second kappa shape index (κ2) is 7.67. The van der Waals surface area contributed by atoms with Crippen LogP contribution in [0.3, 0.4) is 0 Å². The second-order valence-corrected chi connectivity index (χ2v) is 8.86. The number of pyridine rings is 1. The summed E-state index contributed by atoms with van der Waals surface area (Å²) in [6.45, 7) is 0. The van der Waals surface area contributed by atoms with Crippen LogP contribution in [0.2, 0.25) is 0 Å². The van der Waals surface area contributed by atoms with E-state index in [1.54, 1.807) is 0 Å². The van der Waals surface area contributed by atoms with E-state index in [0.29, 0.717) is 0 Å². The van der Waals surface area contributed by atoms with E-state index in [1.165, 1.54) is 10.8 Å². The molecule has 4 heteroatoms. The molecular weight excluding hydrogens is 428 g/mol. The fourth-order valence-electron chi connectivity index (χ4n) is 5.13. The summed E-state index contributed by atoms with van der Waals surface area (Å²) in [5.41, 5.74) is 9.77. The van der Waals surface area contributed by atoms with Crippen molar-refractivity contribution in [1.29, 1.82) is 0 Å². The van der Waals surface area contributed by atoms with Crippen molar-refractivity contribution in [2.24, 2.45) is 7.05 Å². The lowest BCUT2D eigenvalue weighted by atomic mass is 10.0. The van der Waals surface area contributed by atoms with Crippen molar-refractivity contribution in [3.63, 3.8) is 0 Å². The molecule has 1 N–H and O–H groups in total. The number of aromatic nitrogens is 4. The molecule has 0 saturated carbocycles. The van der Waals surface area contributed by atoms with Crippen molar-refractivity contribution < 1.29 is 0 Å². The first-order chi connectivity index (χ1) is 17.3. The number of nitrogens with one attached hydrogen (secondary N) is 1. The maximum atomic E-state index is 5.21. The average molecular weight is 451 g/mol. The Balaban J connectivity index is 1.44. The van der Waals surface area contributed by atoms with E-state index in [1.807, 2.05) is 24.4 Å². The van der Waals surface area contributed by atoms with Crippen LogP contribution in [0, 0.1) is 0 Å². The third-order valence-corrected chi connectivity index (χ3v) is 6.83. The number of nitrogens with zero attached hydrogens (tertiary/aromatic N) is 3. The molecule has 0 amide bonds. The molecule has 0 radical (unpaired) electrons.